The highest BCUT2D eigenvalue weighted by molar-refractivity contribution is 7.88. The Morgan fingerprint density at radius 2 is 1.74 bits per heavy atom. The van der Waals surface area contributed by atoms with Gasteiger partial charge in [0, 0.05) is 0 Å². The molecule has 0 atom stereocenters. The van der Waals surface area contributed by atoms with E-state index in [1.54, 1.807) is 24.3 Å². The fraction of sp³-hybridized carbons (Fsp3) is 0.125. The van der Waals surface area contributed by atoms with E-state index in [9.17, 15) is 26.4 Å². The summed E-state index contributed by atoms with van der Waals surface area (Å²) in [6, 6.07) is 12.9. The van der Waals surface area contributed by atoms with Crippen molar-refractivity contribution in [1.29, 1.82) is 0 Å². The number of hydrogen-bond acceptors (Lipinski definition) is 6. The second-order valence-electron chi connectivity index (χ2n) is 5.32. The number of nitrogens with zero attached hydrogens (tertiary/aromatic N) is 1. The maximum absolute atomic E-state index is 12.5. The van der Waals surface area contributed by atoms with Crippen molar-refractivity contribution in [2.75, 3.05) is 0 Å². The number of halogens is 3. The van der Waals surface area contributed by atoms with Gasteiger partial charge >= 0.3 is 15.6 Å². The number of H-pyrrole nitrogens is 1. The van der Waals surface area contributed by atoms with Crippen molar-refractivity contribution < 1.29 is 30.5 Å². The van der Waals surface area contributed by atoms with Crippen LogP contribution in [0.25, 0.3) is 10.8 Å². The molecule has 1 aromatic heterocycles. The molecule has 3 aromatic rings. The molecular weight excluding hydrogens is 389 g/mol. The number of fused-ring (bicyclic) bond motifs is 1. The first-order valence-corrected chi connectivity index (χ1v) is 8.78. The summed E-state index contributed by atoms with van der Waals surface area (Å²) in [5, 5.41) is 4.82. The smallest absolute Gasteiger partial charge is 0.489 e. The van der Waals surface area contributed by atoms with Crippen LogP contribution in [0.3, 0.4) is 0 Å². The minimum Gasteiger partial charge on any atom is -0.489 e. The maximum Gasteiger partial charge on any atom is 0.534 e. The van der Waals surface area contributed by atoms with E-state index in [0.29, 0.717) is 0 Å². The van der Waals surface area contributed by atoms with Crippen LogP contribution < -0.4 is 14.5 Å². The number of alkyl halides is 3. The van der Waals surface area contributed by atoms with Crippen LogP contribution in [0.1, 0.15) is 5.56 Å². The van der Waals surface area contributed by atoms with Gasteiger partial charge in [-0.25, -0.2) is 5.10 Å². The number of aromatic amines is 1. The van der Waals surface area contributed by atoms with E-state index in [1.807, 2.05) is 11.2 Å². The molecule has 0 bridgehead atoms. The summed E-state index contributed by atoms with van der Waals surface area (Å²) >= 11 is 0. The van der Waals surface area contributed by atoms with E-state index in [0.717, 1.165) is 5.56 Å². The predicted molar refractivity (Wildman–Crippen MR) is 88.7 cm³/mol. The Morgan fingerprint density at radius 1 is 1.04 bits per heavy atom. The van der Waals surface area contributed by atoms with Gasteiger partial charge in [0.05, 0.1) is 10.8 Å². The van der Waals surface area contributed by atoms with Crippen molar-refractivity contribution in [2.24, 2.45) is 0 Å². The molecule has 0 unspecified atom stereocenters. The average molecular weight is 400 g/mol. The van der Waals surface area contributed by atoms with E-state index < -0.39 is 27.1 Å². The molecule has 1 heterocycles. The molecular formula is C16H11F3N2O5S. The predicted octanol–water partition coefficient (Wildman–Crippen LogP) is 2.73. The lowest BCUT2D eigenvalue weighted by Crippen LogP contribution is -2.29. The molecule has 11 heteroatoms. The third-order valence-corrected chi connectivity index (χ3v) is 4.39. The summed E-state index contributed by atoms with van der Waals surface area (Å²) in [4.78, 5) is 11.8. The monoisotopic (exact) mass is 400 g/mol. The zero-order chi connectivity index (χ0) is 19.7. The van der Waals surface area contributed by atoms with Crippen molar-refractivity contribution in [1.82, 2.24) is 10.2 Å². The largest absolute Gasteiger partial charge is 0.534 e. The van der Waals surface area contributed by atoms with Gasteiger partial charge in [-0.15, -0.1) is 5.10 Å². The Balaban J connectivity index is 1.97. The number of rotatable bonds is 5. The molecule has 7 nitrogen and oxygen atoms in total. The van der Waals surface area contributed by atoms with Crippen LogP contribution >= 0.6 is 0 Å². The summed E-state index contributed by atoms with van der Waals surface area (Å²) in [6.45, 7) is 0.153. The lowest BCUT2D eigenvalue weighted by atomic mass is 10.2. The highest BCUT2D eigenvalue weighted by Crippen LogP contribution is 2.30. The van der Waals surface area contributed by atoms with Crippen LogP contribution in [0, 0.1) is 0 Å². The van der Waals surface area contributed by atoms with E-state index in [2.05, 4.69) is 9.28 Å². The van der Waals surface area contributed by atoms with Gasteiger partial charge in [0.25, 0.3) is 11.4 Å². The van der Waals surface area contributed by atoms with Crippen LogP contribution in [0.2, 0.25) is 0 Å². The van der Waals surface area contributed by atoms with Crippen LogP contribution in [0.5, 0.6) is 11.6 Å². The molecule has 27 heavy (non-hydrogen) atoms. The highest BCUT2D eigenvalue weighted by atomic mass is 32.2. The van der Waals surface area contributed by atoms with Gasteiger partial charge in [-0.3, -0.25) is 4.79 Å². The first-order valence-electron chi connectivity index (χ1n) is 7.37. The van der Waals surface area contributed by atoms with Crippen LogP contribution in [0.4, 0.5) is 13.2 Å². The van der Waals surface area contributed by atoms with Gasteiger partial charge in [-0.05, 0) is 23.8 Å². The zero-order valence-electron chi connectivity index (χ0n) is 13.4. The van der Waals surface area contributed by atoms with Crippen LogP contribution in [0.15, 0.2) is 53.3 Å². The standard InChI is InChI=1S/C16H11F3N2O5S/c17-16(18,19)27(23,24)26-15-13-8-11(6-7-12(13)14(22)20-21-15)25-9-10-4-2-1-3-5-10/h1-8H,9H2,(H,20,22). The van der Waals surface area contributed by atoms with Gasteiger partial charge in [0.2, 0.25) is 0 Å². The van der Waals surface area contributed by atoms with Crippen LogP contribution in [-0.4, -0.2) is 24.1 Å². The van der Waals surface area contributed by atoms with Crippen molar-refractivity contribution in [2.45, 2.75) is 12.1 Å². The summed E-state index contributed by atoms with van der Waals surface area (Å²) in [7, 11) is -5.95. The average Bonchev–Trinajstić information content (AvgIpc) is 2.62. The molecule has 2 aromatic carbocycles. The van der Waals surface area contributed by atoms with Crippen molar-refractivity contribution in [3.8, 4) is 11.6 Å². The normalized spacial score (nSPS) is 12.1. The molecule has 0 radical (unpaired) electrons. The summed E-state index contributed by atoms with van der Waals surface area (Å²) in [5.74, 6) is -0.722. The Hall–Kier alpha value is -3.08. The SMILES string of the molecule is O=c1[nH]nc(OS(=O)(=O)C(F)(F)F)c2cc(OCc3ccccc3)ccc12. The van der Waals surface area contributed by atoms with Gasteiger partial charge in [-0.1, -0.05) is 30.3 Å². The number of ether oxygens (including phenoxy) is 1. The van der Waals surface area contributed by atoms with Crippen molar-refractivity contribution in [3.05, 3.63) is 64.4 Å². The molecule has 0 aliphatic heterocycles. The number of hydrogen-bond donors (Lipinski definition) is 1. The minimum absolute atomic E-state index is 0.107. The van der Waals surface area contributed by atoms with E-state index >= 15 is 0 Å². The topological polar surface area (TPSA) is 98.4 Å². The number of benzene rings is 2. The molecule has 3 rings (SSSR count). The first-order chi connectivity index (χ1) is 12.7. The van der Waals surface area contributed by atoms with Crippen molar-refractivity contribution in [3.63, 3.8) is 0 Å². The van der Waals surface area contributed by atoms with Crippen molar-refractivity contribution >= 4 is 20.9 Å². The highest BCUT2D eigenvalue weighted by Gasteiger charge is 2.49. The summed E-state index contributed by atoms with van der Waals surface area (Å²) in [6.07, 6.45) is 0. The number of aromatic nitrogens is 2. The zero-order valence-corrected chi connectivity index (χ0v) is 14.2. The van der Waals surface area contributed by atoms with Gasteiger partial charge in [0.1, 0.15) is 12.4 Å². The molecule has 0 saturated carbocycles. The second-order valence-corrected chi connectivity index (χ2v) is 6.86. The molecule has 0 saturated heterocycles. The van der Waals surface area contributed by atoms with Crippen LogP contribution in [-0.2, 0) is 16.7 Å². The second kappa shape index (κ2) is 6.91. The Morgan fingerprint density at radius 3 is 2.41 bits per heavy atom. The Kier molecular flexibility index (Phi) is 4.79. The third-order valence-electron chi connectivity index (χ3n) is 3.45. The molecule has 0 spiro atoms. The quantitative estimate of drug-likeness (QED) is 0.522. The fourth-order valence-corrected chi connectivity index (χ4v) is 2.60. The third kappa shape index (κ3) is 4.03. The summed E-state index contributed by atoms with van der Waals surface area (Å²) in [5.41, 5.74) is -5.53. The molecule has 1 N–H and O–H groups in total. The Labute approximate surface area is 150 Å². The molecule has 0 aliphatic rings. The lowest BCUT2D eigenvalue weighted by molar-refractivity contribution is -0.0501. The number of nitrogens with one attached hydrogen (secondary N) is 1. The van der Waals surface area contributed by atoms with E-state index in [-0.39, 0.29) is 23.1 Å². The maximum atomic E-state index is 12.5. The van der Waals surface area contributed by atoms with Gasteiger partial charge in [0.15, 0.2) is 0 Å². The van der Waals surface area contributed by atoms with E-state index in [4.69, 9.17) is 4.74 Å². The lowest BCUT2D eigenvalue weighted by Gasteiger charge is -2.11. The first kappa shape index (κ1) is 18.7. The molecule has 142 valence electrons. The minimum atomic E-state index is -5.95. The molecule has 0 amide bonds. The van der Waals surface area contributed by atoms with Gasteiger partial charge in [-0.2, -0.15) is 21.6 Å². The Bertz CT molecular complexity index is 1130. The van der Waals surface area contributed by atoms with Gasteiger partial charge < -0.3 is 8.92 Å². The van der Waals surface area contributed by atoms with E-state index in [1.165, 1.54) is 18.2 Å². The molecule has 0 aliphatic carbocycles. The fourth-order valence-electron chi connectivity index (χ4n) is 2.17. The molecule has 0 fully saturated rings. The summed E-state index contributed by atoms with van der Waals surface area (Å²) < 4.78 is 69.7.